The molecule has 0 unspecified atom stereocenters. The van der Waals surface area contributed by atoms with Crippen molar-refractivity contribution >= 4 is 17.5 Å². The third-order valence-corrected chi connectivity index (χ3v) is 5.34. The quantitative estimate of drug-likeness (QED) is 0.593. The number of hydrogen-bond acceptors (Lipinski definition) is 6. The van der Waals surface area contributed by atoms with Crippen LogP contribution in [0.15, 0.2) is 59.1 Å². The maximum atomic E-state index is 13.7. The normalized spacial score (nSPS) is 14.2. The lowest BCUT2D eigenvalue weighted by Gasteiger charge is -2.34. The van der Waals surface area contributed by atoms with Gasteiger partial charge >= 0.3 is 0 Å². The second-order valence-electron chi connectivity index (χ2n) is 7.82. The summed E-state index contributed by atoms with van der Waals surface area (Å²) in [7, 11) is 0. The number of aryl methyl sites for hydroxylation is 1. The third kappa shape index (κ3) is 5.75. The van der Waals surface area contributed by atoms with E-state index in [9.17, 15) is 14.0 Å². The Kier molecular flexibility index (Phi) is 6.99. The average Bonchev–Trinajstić information content (AvgIpc) is 3.24. The summed E-state index contributed by atoms with van der Waals surface area (Å²) in [5, 5.41) is 6.37. The predicted octanol–water partition coefficient (Wildman–Crippen LogP) is 3.10. The van der Waals surface area contributed by atoms with Crippen molar-refractivity contribution in [3.8, 4) is 5.75 Å². The van der Waals surface area contributed by atoms with E-state index in [-0.39, 0.29) is 18.2 Å². The third-order valence-electron chi connectivity index (χ3n) is 5.34. The van der Waals surface area contributed by atoms with Gasteiger partial charge in [0.1, 0.15) is 11.6 Å². The SMILES string of the molecule is Cc1cc(CN2CCN(C(=O)c3ccccc3OCC(=O)Nc3ccccc3F)CC2)on1. The molecule has 4 rings (SSSR count). The highest BCUT2D eigenvalue weighted by atomic mass is 19.1. The topological polar surface area (TPSA) is 87.9 Å². The number of hydrogen-bond donors (Lipinski definition) is 1. The number of piperazine rings is 1. The number of halogens is 1. The molecule has 2 aromatic carbocycles. The van der Waals surface area contributed by atoms with Crippen LogP contribution in [0, 0.1) is 12.7 Å². The van der Waals surface area contributed by atoms with E-state index in [1.54, 1.807) is 35.2 Å². The lowest BCUT2D eigenvalue weighted by Crippen LogP contribution is -2.48. The van der Waals surface area contributed by atoms with Crippen LogP contribution in [-0.2, 0) is 11.3 Å². The monoisotopic (exact) mass is 452 g/mol. The van der Waals surface area contributed by atoms with Gasteiger partial charge in [-0.25, -0.2) is 4.39 Å². The van der Waals surface area contributed by atoms with Crippen molar-refractivity contribution in [2.45, 2.75) is 13.5 Å². The van der Waals surface area contributed by atoms with Crippen LogP contribution in [0.25, 0.3) is 0 Å². The molecular weight excluding hydrogens is 427 g/mol. The fourth-order valence-electron chi connectivity index (χ4n) is 3.65. The van der Waals surface area contributed by atoms with Crippen molar-refractivity contribution < 1.29 is 23.2 Å². The number of ether oxygens (including phenoxy) is 1. The number of nitrogens with zero attached hydrogens (tertiary/aromatic N) is 3. The van der Waals surface area contributed by atoms with Gasteiger partial charge in [-0.1, -0.05) is 29.4 Å². The van der Waals surface area contributed by atoms with E-state index in [4.69, 9.17) is 9.26 Å². The number of benzene rings is 2. The Hall–Kier alpha value is -3.72. The average molecular weight is 452 g/mol. The van der Waals surface area contributed by atoms with Gasteiger partial charge in [-0.05, 0) is 31.2 Å². The molecule has 1 aromatic heterocycles. The zero-order valence-electron chi connectivity index (χ0n) is 18.3. The molecular formula is C24H25FN4O4. The molecule has 8 nitrogen and oxygen atoms in total. The van der Waals surface area contributed by atoms with Crippen LogP contribution < -0.4 is 10.1 Å². The van der Waals surface area contributed by atoms with Gasteiger partial charge < -0.3 is 19.5 Å². The lowest BCUT2D eigenvalue weighted by atomic mass is 10.1. The molecule has 3 aromatic rings. The maximum absolute atomic E-state index is 13.7. The van der Waals surface area contributed by atoms with Gasteiger partial charge in [-0.15, -0.1) is 0 Å². The van der Waals surface area contributed by atoms with Gasteiger partial charge in [-0.3, -0.25) is 14.5 Å². The number of para-hydroxylation sites is 2. The molecule has 1 aliphatic heterocycles. The first-order chi connectivity index (χ1) is 16.0. The minimum atomic E-state index is -0.529. The highest BCUT2D eigenvalue weighted by Crippen LogP contribution is 2.21. The molecule has 1 N–H and O–H groups in total. The zero-order chi connectivity index (χ0) is 23.2. The van der Waals surface area contributed by atoms with Crippen LogP contribution in [0.1, 0.15) is 21.8 Å². The van der Waals surface area contributed by atoms with E-state index in [1.807, 2.05) is 13.0 Å². The Morgan fingerprint density at radius 3 is 2.55 bits per heavy atom. The van der Waals surface area contributed by atoms with Crippen molar-refractivity contribution in [1.82, 2.24) is 15.0 Å². The van der Waals surface area contributed by atoms with Gasteiger partial charge in [0, 0.05) is 32.2 Å². The van der Waals surface area contributed by atoms with Gasteiger partial charge in [0.15, 0.2) is 12.4 Å². The van der Waals surface area contributed by atoms with Crippen molar-refractivity contribution in [1.29, 1.82) is 0 Å². The summed E-state index contributed by atoms with van der Waals surface area (Å²) in [5.74, 6) is -0.0849. The number of carbonyl (C=O) groups excluding carboxylic acids is 2. The van der Waals surface area contributed by atoms with E-state index in [2.05, 4.69) is 15.4 Å². The summed E-state index contributed by atoms with van der Waals surface area (Å²) in [6, 6.07) is 14.6. The summed E-state index contributed by atoms with van der Waals surface area (Å²) in [6.45, 7) is 4.73. The van der Waals surface area contributed by atoms with Gasteiger partial charge in [0.25, 0.3) is 11.8 Å². The summed E-state index contributed by atoms with van der Waals surface area (Å²) in [6.07, 6.45) is 0. The zero-order valence-corrected chi connectivity index (χ0v) is 18.3. The molecule has 1 fully saturated rings. The molecule has 2 amide bonds. The summed E-state index contributed by atoms with van der Waals surface area (Å²) >= 11 is 0. The smallest absolute Gasteiger partial charge is 0.262 e. The summed E-state index contributed by atoms with van der Waals surface area (Å²) in [5.41, 5.74) is 1.31. The molecule has 0 saturated carbocycles. The Balaban J connectivity index is 1.32. The minimum Gasteiger partial charge on any atom is -0.483 e. The highest BCUT2D eigenvalue weighted by molar-refractivity contribution is 5.97. The van der Waals surface area contributed by atoms with Gasteiger partial charge in [0.2, 0.25) is 0 Å². The molecule has 0 radical (unpaired) electrons. The molecule has 0 aliphatic carbocycles. The fourth-order valence-corrected chi connectivity index (χ4v) is 3.65. The van der Waals surface area contributed by atoms with Crippen LogP contribution in [0.2, 0.25) is 0 Å². The van der Waals surface area contributed by atoms with E-state index in [1.165, 1.54) is 18.2 Å². The Morgan fingerprint density at radius 1 is 1.09 bits per heavy atom. The van der Waals surface area contributed by atoms with Crippen LogP contribution in [-0.4, -0.2) is 59.6 Å². The molecule has 33 heavy (non-hydrogen) atoms. The van der Waals surface area contributed by atoms with E-state index in [0.29, 0.717) is 44.0 Å². The molecule has 0 spiro atoms. The van der Waals surface area contributed by atoms with Crippen molar-refractivity contribution in [3.05, 3.63) is 77.4 Å². The Bertz CT molecular complexity index is 1120. The van der Waals surface area contributed by atoms with Crippen LogP contribution >= 0.6 is 0 Å². The molecule has 172 valence electrons. The molecule has 0 bridgehead atoms. The Labute approximate surface area is 190 Å². The van der Waals surface area contributed by atoms with Crippen LogP contribution in [0.5, 0.6) is 5.75 Å². The molecule has 0 atom stereocenters. The van der Waals surface area contributed by atoms with E-state index in [0.717, 1.165) is 11.5 Å². The molecule has 1 saturated heterocycles. The lowest BCUT2D eigenvalue weighted by molar-refractivity contribution is -0.118. The number of carbonyl (C=O) groups is 2. The van der Waals surface area contributed by atoms with E-state index < -0.39 is 11.7 Å². The van der Waals surface area contributed by atoms with Crippen molar-refractivity contribution in [3.63, 3.8) is 0 Å². The molecule has 2 heterocycles. The molecule has 1 aliphatic rings. The molecule has 9 heteroatoms. The first kappa shape index (κ1) is 22.5. The standard InChI is InChI=1S/C24H25FN4O4/c1-17-14-18(33-27-17)15-28-10-12-29(13-11-28)24(31)19-6-2-5-9-22(19)32-16-23(30)26-21-8-4-3-7-20(21)25/h2-9,14H,10-13,15-16H2,1H3,(H,26,30). The largest absolute Gasteiger partial charge is 0.483 e. The second kappa shape index (κ2) is 10.3. The van der Waals surface area contributed by atoms with Crippen molar-refractivity contribution in [2.75, 3.05) is 38.1 Å². The summed E-state index contributed by atoms with van der Waals surface area (Å²) in [4.78, 5) is 29.3. The predicted molar refractivity (Wildman–Crippen MR) is 119 cm³/mol. The van der Waals surface area contributed by atoms with Gasteiger partial charge in [0.05, 0.1) is 23.5 Å². The second-order valence-corrected chi connectivity index (χ2v) is 7.82. The van der Waals surface area contributed by atoms with Crippen molar-refractivity contribution in [2.24, 2.45) is 0 Å². The first-order valence-corrected chi connectivity index (χ1v) is 10.7. The highest BCUT2D eigenvalue weighted by Gasteiger charge is 2.25. The number of rotatable bonds is 7. The number of anilines is 1. The fraction of sp³-hybridized carbons (Fsp3) is 0.292. The number of nitrogens with one attached hydrogen (secondary N) is 1. The first-order valence-electron chi connectivity index (χ1n) is 10.7. The maximum Gasteiger partial charge on any atom is 0.262 e. The number of aromatic nitrogens is 1. The van der Waals surface area contributed by atoms with Gasteiger partial charge in [-0.2, -0.15) is 0 Å². The van der Waals surface area contributed by atoms with Crippen LogP contribution in [0.4, 0.5) is 10.1 Å². The minimum absolute atomic E-state index is 0.0776. The van der Waals surface area contributed by atoms with Crippen LogP contribution in [0.3, 0.4) is 0 Å². The Morgan fingerprint density at radius 2 is 1.82 bits per heavy atom. The number of amides is 2. The summed E-state index contributed by atoms with van der Waals surface area (Å²) < 4.78 is 24.6. The van der Waals surface area contributed by atoms with E-state index >= 15 is 0 Å².